The van der Waals surface area contributed by atoms with Gasteiger partial charge in [0.15, 0.2) is 5.82 Å². The largest absolute Gasteiger partial charge is 0.368 e. The predicted molar refractivity (Wildman–Crippen MR) is 119 cm³/mol. The van der Waals surface area contributed by atoms with Crippen molar-refractivity contribution in [2.24, 2.45) is 0 Å². The number of benzene rings is 1. The number of halogens is 1. The van der Waals surface area contributed by atoms with Gasteiger partial charge in [-0.2, -0.15) is 4.98 Å². The van der Waals surface area contributed by atoms with Crippen molar-refractivity contribution in [2.45, 2.75) is 37.1 Å². The number of nitrogens with zero attached hydrogens (tertiary/aromatic N) is 5. The monoisotopic (exact) mass is 431 g/mol. The SMILES string of the molecule is C[C@@H]1CCCN1c1nc(N2CCN(c3ccc(Cl)cc3)CC2)nc2c1S(=O)CC2. The van der Waals surface area contributed by atoms with Gasteiger partial charge in [0.25, 0.3) is 0 Å². The van der Waals surface area contributed by atoms with Gasteiger partial charge in [0, 0.05) is 61.6 Å². The molecule has 2 aromatic rings. The number of anilines is 3. The van der Waals surface area contributed by atoms with Gasteiger partial charge in [0.05, 0.1) is 16.5 Å². The smallest absolute Gasteiger partial charge is 0.227 e. The summed E-state index contributed by atoms with van der Waals surface area (Å²) in [5.41, 5.74) is 2.19. The Kier molecular flexibility index (Phi) is 5.12. The summed E-state index contributed by atoms with van der Waals surface area (Å²) < 4.78 is 12.6. The molecule has 0 bridgehead atoms. The highest BCUT2D eigenvalue weighted by Crippen LogP contribution is 2.35. The summed E-state index contributed by atoms with van der Waals surface area (Å²) in [5, 5.41) is 0.764. The average molecular weight is 432 g/mol. The second-order valence-electron chi connectivity index (χ2n) is 8.06. The van der Waals surface area contributed by atoms with Crippen LogP contribution in [-0.4, -0.2) is 58.7 Å². The summed E-state index contributed by atoms with van der Waals surface area (Å²) >= 11 is 6.02. The molecule has 0 saturated carbocycles. The number of fused-ring (bicyclic) bond motifs is 1. The summed E-state index contributed by atoms with van der Waals surface area (Å²) in [7, 11) is -0.970. The first-order chi connectivity index (χ1) is 14.1. The normalized spacial score (nSPS) is 24.3. The van der Waals surface area contributed by atoms with Crippen LogP contribution in [0.4, 0.5) is 17.5 Å². The van der Waals surface area contributed by atoms with E-state index in [1.165, 1.54) is 18.5 Å². The summed E-state index contributed by atoms with van der Waals surface area (Å²) in [4.78, 5) is 17.7. The number of rotatable bonds is 3. The summed E-state index contributed by atoms with van der Waals surface area (Å²) in [6, 6.07) is 8.48. The molecule has 2 atom stereocenters. The fourth-order valence-electron chi connectivity index (χ4n) is 4.57. The minimum atomic E-state index is -0.970. The van der Waals surface area contributed by atoms with Crippen molar-refractivity contribution >= 4 is 39.9 Å². The first-order valence-electron chi connectivity index (χ1n) is 10.4. The Morgan fingerprint density at radius 3 is 2.45 bits per heavy atom. The Hall–Kier alpha value is -1.86. The minimum absolute atomic E-state index is 0.446. The molecule has 6 nitrogen and oxygen atoms in total. The highest BCUT2D eigenvalue weighted by molar-refractivity contribution is 7.85. The van der Waals surface area contributed by atoms with Crippen molar-refractivity contribution in [3.05, 3.63) is 35.0 Å². The molecule has 29 heavy (non-hydrogen) atoms. The van der Waals surface area contributed by atoms with E-state index in [0.29, 0.717) is 11.8 Å². The first-order valence-corrected chi connectivity index (χ1v) is 12.1. The maximum absolute atomic E-state index is 12.6. The van der Waals surface area contributed by atoms with Gasteiger partial charge in [-0.3, -0.25) is 4.21 Å². The molecule has 2 saturated heterocycles. The lowest BCUT2D eigenvalue weighted by molar-refractivity contribution is 0.634. The van der Waals surface area contributed by atoms with E-state index >= 15 is 0 Å². The predicted octanol–water partition coefficient (Wildman–Crippen LogP) is 3.11. The highest BCUT2D eigenvalue weighted by Gasteiger charge is 2.33. The van der Waals surface area contributed by atoms with Crippen molar-refractivity contribution in [3.8, 4) is 0 Å². The van der Waals surface area contributed by atoms with E-state index in [1.807, 2.05) is 12.1 Å². The zero-order valence-corrected chi connectivity index (χ0v) is 18.3. The van der Waals surface area contributed by atoms with Crippen molar-refractivity contribution < 1.29 is 4.21 Å². The Bertz CT molecular complexity index is 929. The van der Waals surface area contributed by atoms with E-state index in [1.54, 1.807) is 0 Å². The van der Waals surface area contributed by atoms with Gasteiger partial charge in [0.2, 0.25) is 5.95 Å². The number of piperazine rings is 1. The molecule has 154 valence electrons. The zero-order chi connectivity index (χ0) is 20.0. The quantitative estimate of drug-likeness (QED) is 0.744. The van der Waals surface area contributed by atoms with E-state index in [4.69, 9.17) is 21.6 Å². The van der Waals surface area contributed by atoms with Gasteiger partial charge < -0.3 is 14.7 Å². The van der Waals surface area contributed by atoms with Crippen LogP contribution in [0.2, 0.25) is 5.02 Å². The molecule has 1 unspecified atom stereocenters. The Morgan fingerprint density at radius 1 is 1.03 bits per heavy atom. The number of hydrogen-bond acceptors (Lipinski definition) is 6. The molecule has 4 heterocycles. The topological polar surface area (TPSA) is 52.6 Å². The van der Waals surface area contributed by atoms with E-state index in [9.17, 15) is 4.21 Å². The fraction of sp³-hybridized carbons (Fsp3) is 0.524. The average Bonchev–Trinajstić information content (AvgIpc) is 3.34. The van der Waals surface area contributed by atoms with Crippen LogP contribution in [-0.2, 0) is 17.2 Å². The first kappa shape index (κ1) is 19.1. The lowest BCUT2D eigenvalue weighted by Crippen LogP contribution is -2.47. The second kappa shape index (κ2) is 7.76. The lowest BCUT2D eigenvalue weighted by atomic mass is 10.2. The molecule has 3 aliphatic heterocycles. The molecule has 3 aliphatic rings. The van der Waals surface area contributed by atoms with Gasteiger partial charge in [-0.1, -0.05) is 11.6 Å². The van der Waals surface area contributed by atoms with Gasteiger partial charge in [0.1, 0.15) is 4.90 Å². The van der Waals surface area contributed by atoms with Crippen molar-refractivity contribution in [3.63, 3.8) is 0 Å². The molecular formula is C21H26ClN5OS. The van der Waals surface area contributed by atoms with Crippen LogP contribution in [0.15, 0.2) is 29.2 Å². The number of aromatic nitrogens is 2. The van der Waals surface area contributed by atoms with Gasteiger partial charge in [-0.05, 0) is 44.0 Å². The molecule has 0 spiro atoms. The molecule has 0 aliphatic carbocycles. The van der Waals surface area contributed by atoms with Crippen LogP contribution >= 0.6 is 11.6 Å². The third-order valence-electron chi connectivity index (χ3n) is 6.24. The van der Waals surface area contributed by atoms with Gasteiger partial charge >= 0.3 is 0 Å². The van der Waals surface area contributed by atoms with Crippen LogP contribution in [0.1, 0.15) is 25.5 Å². The molecular weight excluding hydrogens is 406 g/mol. The maximum atomic E-state index is 12.6. The molecule has 5 rings (SSSR count). The highest BCUT2D eigenvalue weighted by atomic mass is 35.5. The summed E-state index contributed by atoms with van der Waals surface area (Å²) in [5.74, 6) is 2.39. The van der Waals surface area contributed by atoms with Crippen LogP contribution in [0.25, 0.3) is 0 Å². The molecule has 8 heteroatoms. The third kappa shape index (κ3) is 3.59. The van der Waals surface area contributed by atoms with Crippen LogP contribution < -0.4 is 14.7 Å². The van der Waals surface area contributed by atoms with Gasteiger partial charge in [-0.15, -0.1) is 0 Å². The fourth-order valence-corrected chi connectivity index (χ4v) is 6.05. The standard InChI is InChI=1S/C21H26ClN5OS/c1-15-3-2-9-27(15)20-19-18(8-14-29(19)28)23-21(24-20)26-12-10-25(11-13-26)17-6-4-16(22)5-7-17/h4-7,15H,2-3,8-14H2,1H3/t15-,29?/m1/s1. The second-order valence-corrected chi connectivity index (χ2v) is 10.0. The third-order valence-corrected chi connectivity index (χ3v) is 7.94. The van der Waals surface area contributed by atoms with Crippen molar-refractivity contribution in [1.82, 2.24) is 9.97 Å². The van der Waals surface area contributed by atoms with Gasteiger partial charge in [-0.25, -0.2) is 4.98 Å². The minimum Gasteiger partial charge on any atom is -0.368 e. The van der Waals surface area contributed by atoms with Crippen LogP contribution in [0, 0.1) is 0 Å². The molecule has 1 aromatic carbocycles. The summed E-state index contributed by atoms with van der Waals surface area (Å²) in [6.45, 7) is 6.82. The number of hydrogen-bond donors (Lipinski definition) is 0. The Morgan fingerprint density at radius 2 is 1.76 bits per heavy atom. The Balaban J connectivity index is 1.39. The maximum Gasteiger partial charge on any atom is 0.227 e. The molecule has 2 fully saturated rings. The van der Waals surface area contributed by atoms with E-state index in [-0.39, 0.29) is 0 Å². The van der Waals surface area contributed by atoms with Crippen molar-refractivity contribution in [2.75, 3.05) is 53.2 Å². The van der Waals surface area contributed by atoms with E-state index < -0.39 is 10.8 Å². The molecule has 0 amide bonds. The van der Waals surface area contributed by atoms with Crippen LogP contribution in [0.5, 0.6) is 0 Å². The van der Waals surface area contributed by atoms with Crippen LogP contribution in [0.3, 0.4) is 0 Å². The summed E-state index contributed by atoms with van der Waals surface area (Å²) in [6.07, 6.45) is 3.12. The lowest BCUT2D eigenvalue weighted by Gasteiger charge is -2.36. The molecule has 0 radical (unpaired) electrons. The Labute approximate surface area is 179 Å². The van der Waals surface area contributed by atoms with E-state index in [0.717, 1.165) is 66.5 Å². The van der Waals surface area contributed by atoms with Crippen molar-refractivity contribution in [1.29, 1.82) is 0 Å². The number of aryl methyl sites for hydroxylation is 1. The zero-order valence-electron chi connectivity index (χ0n) is 16.7. The molecule has 0 N–H and O–H groups in total. The molecule has 1 aromatic heterocycles. The van der Waals surface area contributed by atoms with E-state index in [2.05, 4.69) is 33.8 Å².